The van der Waals surface area contributed by atoms with E-state index < -0.39 is 0 Å². The number of aliphatic hydroxyl groups is 1. The fourth-order valence-corrected chi connectivity index (χ4v) is 2.20. The maximum absolute atomic E-state index is 9.79. The molecule has 0 bridgehead atoms. The Hall–Kier alpha value is -0.480. The molecule has 15 heavy (non-hydrogen) atoms. The second-order valence-electron chi connectivity index (χ2n) is 4.94. The summed E-state index contributed by atoms with van der Waals surface area (Å²) in [5.74, 6) is 6.53. The van der Waals surface area contributed by atoms with E-state index in [2.05, 4.69) is 25.7 Å². The minimum Gasteiger partial charge on any atom is -0.392 e. The Morgan fingerprint density at radius 3 is 2.73 bits per heavy atom. The molecule has 1 saturated carbocycles. The van der Waals surface area contributed by atoms with Crippen LogP contribution >= 0.6 is 0 Å². The summed E-state index contributed by atoms with van der Waals surface area (Å²) in [7, 11) is 0. The SMILES string of the molecule is CCCCCCC#CC1(C)CCCC1O. The summed E-state index contributed by atoms with van der Waals surface area (Å²) < 4.78 is 0. The molecule has 86 valence electrons. The van der Waals surface area contributed by atoms with E-state index in [1.54, 1.807) is 0 Å². The highest BCUT2D eigenvalue weighted by Crippen LogP contribution is 2.37. The van der Waals surface area contributed by atoms with Gasteiger partial charge in [-0.1, -0.05) is 32.1 Å². The normalized spacial score (nSPS) is 29.9. The zero-order valence-corrected chi connectivity index (χ0v) is 10.2. The van der Waals surface area contributed by atoms with Crippen LogP contribution in [0.1, 0.15) is 65.2 Å². The van der Waals surface area contributed by atoms with E-state index in [1.807, 2.05) is 0 Å². The van der Waals surface area contributed by atoms with Crippen LogP contribution in [0.15, 0.2) is 0 Å². The maximum Gasteiger partial charge on any atom is 0.0703 e. The monoisotopic (exact) mass is 208 g/mol. The molecule has 1 N–H and O–H groups in total. The van der Waals surface area contributed by atoms with Crippen LogP contribution in [0.2, 0.25) is 0 Å². The van der Waals surface area contributed by atoms with Gasteiger partial charge in [0.25, 0.3) is 0 Å². The fraction of sp³-hybridized carbons (Fsp3) is 0.857. The van der Waals surface area contributed by atoms with Gasteiger partial charge in [-0.15, -0.1) is 5.92 Å². The summed E-state index contributed by atoms with van der Waals surface area (Å²) in [5, 5.41) is 9.79. The van der Waals surface area contributed by atoms with Crippen LogP contribution in [0.4, 0.5) is 0 Å². The zero-order valence-electron chi connectivity index (χ0n) is 10.2. The minimum atomic E-state index is -0.194. The number of hydrogen-bond donors (Lipinski definition) is 1. The molecular weight excluding hydrogens is 184 g/mol. The Kier molecular flexibility index (Phi) is 5.19. The molecule has 2 unspecified atom stereocenters. The summed E-state index contributed by atoms with van der Waals surface area (Å²) >= 11 is 0. The van der Waals surface area contributed by atoms with Gasteiger partial charge in [0.05, 0.1) is 11.5 Å². The van der Waals surface area contributed by atoms with Gasteiger partial charge >= 0.3 is 0 Å². The molecule has 0 aromatic heterocycles. The van der Waals surface area contributed by atoms with Crippen LogP contribution in [0.3, 0.4) is 0 Å². The summed E-state index contributed by atoms with van der Waals surface area (Å²) in [5.41, 5.74) is -0.106. The molecule has 0 amide bonds. The quantitative estimate of drug-likeness (QED) is 0.553. The Labute approximate surface area is 94.3 Å². The third kappa shape index (κ3) is 3.87. The lowest BCUT2D eigenvalue weighted by Crippen LogP contribution is -2.24. The van der Waals surface area contributed by atoms with E-state index >= 15 is 0 Å². The van der Waals surface area contributed by atoms with E-state index in [0.717, 1.165) is 25.7 Å². The largest absolute Gasteiger partial charge is 0.392 e. The van der Waals surface area contributed by atoms with E-state index in [1.165, 1.54) is 25.7 Å². The predicted molar refractivity (Wildman–Crippen MR) is 64.5 cm³/mol. The minimum absolute atomic E-state index is 0.106. The summed E-state index contributed by atoms with van der Waals surface area (Å²) in [6.45, 7) is 4.32. The highest BCUT2D eigenvalue weighted by atomic mass is 16.3. The first-order valence-electron chi connectivity index (χ1n) is 6.37. The van der Waals surface area contributed by atoms with Gasteiger partial charge in [-0.05, 0) is 32.6 Å². The predicted octanol–water partition coefficient (Wildman–Crippen LogP) is 3.51. The van der Waals surface area contributed by atoms with Crippen molar-refractivity contribution < 1.29 is 5.11 Å². The van der Waals surface area contributed by atoms with Gasteiger partial charge in [-0.25, -0.2) is 0 Å². The van der Waals surface area contributed by atoms with Crippen LogP contribution < -0.4 is 0 Å². The number of aliphatic hydroxyl groups excluding tert-OH is 1. The summed E-state index contributed by atoms with van der Waals surface area (Å²) in [4.78, 5) is 0. The van der Waals surface area contributed by atoms with Gasteiger partial charge in [0, 0.05) is 6.42 Å². The van der Waals surface area contributed by atoms with Gasteiger partial charge in [-0.3, -0.25) is 0 Å². The van der Waals surface area contributed by atoms with Crippen LogP contribution in [-0.2, 0) is 0 Å². The molecule has 1 aliphatic carbocycles. The number of hydrogen-bond acceptors (Lipinski definition) is 1. The molecule has 0 aromatic carbocycles. The molecule has 0 radical (unpaired) electrons. The van der Waals surface area contributed by atoms with Crippen molar-refractivity contribution in [3.8, 4) is 11.8 Å². The molecule has 1 nitrogen and oxygen atoms in total. The Balaban J connectivity index is 2.24. The second-order valence-corrected chi connectivity index (χ2v) is 4.94. The average molecular weight is 208 g/mol. The summed E-state index contributed by atoms with van der Waals surface area (Å²) in [6, 6.07) is 0. The van der Waals surface area contributed by atoms with Crippen LogP contribution in [-0.4, -0.2) is 11.2 Å². The van der Waals surface area contributed by atoms with Crippen LogP contribution in [0.5, 0.6) is 0 Å². The third-order valence-electron chi connectivity index (χ3n) is 3.44. The molecule has 0 aliphatic heterocycles. The summed E-state index contributed by atoms with van der Waals surface area (Å²) in [6.07, 6.45) is 9.05. The molecular formula is C14H24O. The van der Waals surface area contributed by atoms with Gasteiger partial charge in [0.1, 0.15) is 0 Å². The molecule has 0 aromatic rings. The van der Waals surface area contributed by atoms with Crippen LogP contribution in [0, 0.1) is 17.3 Å². The lowest BCUT2D eigenvalue weighted by atomic mass is 9.87. The van der Waals surface area contributed by atoms with Gasteiger partial charge in [0.2, 0.25) is 0 Å². The zero-order chi connectivity index (χ0) is 11.1. The fourth-order valence-electron chi connectivity index (χ4n) is 2.20. The standard InChI is InChI=1S/C14H24O/c1-3-4-5-6-7-8-11-14(2)12-9-10-13(14)15/h13,15H,3-7,9-10,12H2,1-2H3. The van der Waals surface area contributed by atoms with Crippen molar-refractivity contribution in [2.75, 3.05) is 0 Å². The van der Waals surface area contributed by atoms with E-state index in [9.17, 15) is 5.11 Å². The van der Waals surface area contributed by atoms with Crippen LogP contribution in [0.25, 0.3) is 0 Å². The van der Waals surface area contributed by atoms with Crippen molar-refractivity contribution >= 4 is 0 Å². The lowest BCUT2D eigenvalue weighted by molar-refractivity contribution is 0.105. The second kappa shape index (κ2) is 6.18. The maximum atomic E-state index is 9.79. The third-order valence-corrected chi connectivity index (χ3v) is 3.44. The van der Waals surface area contributed by atoms with Gasteiger partial charge in [0.15, 0.2) is 0 Å². The van der Waals surface area contributed by atoms with Crippen molar-refractivity contribution in [3.63, 3.8) is 0 Å². The molecule has 1 fully saturated rings. The average Bonchev–Trinajstić information content (AvgIpc) is 2.54. The highest BCUT2D eigenvalue weighted by molar-refractivity contribution is 5.15. The first-order chi connectivity index (χ1) is 7.19. The lowest BCUT2D eigenvalue weighted by Gasteiger charge is -2.20. The molecule has 0 saturated heterocycles. The first kappa shape index (κ1) is 12.6. The Bertz CT molecular complexity index is 235. The van der Waals surface area contributed by atoms with Gasteiger partial charge in [-0.2, -0.15) is 0 Å². The first-order valence-corrected chi connectivity index (χ1v) is 6.37. The molecule has 0 heterocycles. The molecule has 1 rings (SSSR count). The molecule has 0 spiro atoms. The Morgan fingerprint density at radius 2 is 2.13 bits per heavy atom. The van der Waals surface area contributed by atoms with Crippen molar-refractivity contribution in [3.05, 3.63) is 0 Å². The van der Waals surface area contributed by atoms with E-state index in [-0.39, 0.29) is 11.5 Å². The van der Waals surface area contributed by atoms with Crippen molar-refractivity contribution in [2.24, 2.45) is 5.41 Å². The topological polar surface area (TPSA) is 20.2 Å². The molecule has 2 atom stereocenters. The number of unbranched alkanes of at least 4 members (excludes halogenated alkanes) is 4. The van der Waals surface area contributed by atoms with E-state index in [0.29, 0.717) is 0 Å². The number of rotatable bonds is 4. The van der Waals surface area contributed by atoms with Crippen molar-refractivity contribution in [1.82, 2.24) is 0 Å². The van der Waals surface area contributed by atoms with Crippen molar-refractivity contribution in [2.45, 2.75) is 71.3 Å². The van der Waals surface area contributed by atoms with Gasteiger partial charge < -0.3 is 5.11 Å². The molecule has 1 heteroatoms. The highest BCUT2D eigenvalue weighted by Gasteiger charge is 2.35. The Morgan fingerprint density at radius 1 is 1.33 bits per heavy atom. The smallest absolute Gasteiger partial charge is 0.0703 e. The molecule has 1 aliphatic rings. The van der Waals surface area contributed by atoms with E-state index in [4.69, 9.17) is 0 Å². The van der Waals surface area contributed by atoms with Crippen molar-refractivity contribution in [1.29, 1.82) is 0 Å².